The summed E-state index contributed by atoms with van der Waals surface area (Å²) in [7, 11) is -3.83. The lowest BCUT2D eigenvalue weighted by atomic mass is 9.95. The van der Waals surface area contributed by atoms with E-state index in [4.69, 9.17) is 12.2 Å². The Kier molecular flexibility index (Phi) is 6.81. The van der Waals surface area contributed by atoms with Gasteiger partial charge in [0.05, 0.1) is 23.4 Å². The second-order valence-electron chi connectivity index (χ2n) is 7.78. The molecule has 2 atom stereocenters. The third kappa shape index (κ3) is 4.59. The molecule has 1 N–H and O–H groups in total. The molecule has 1 aromatic rings. The number of nitrogens with zero attached hydrogens (tertiary/aromatic N) is 3. The fraction of sp³-hybridized carbons (Fsp3) is 0.429. The number of hydrogen-bond donors (Lipinski definition) is 1. The second kappa shape index (κ2) is 8.94. The van der Waals surface area contributed by atoms with Crippen molar-refractivity contribution >= 4 is 32.8 Å². The fourth-order valence-corrected chi connectivity index (χ4v) is 5.77. The molecule has 172 valence electrons. The Hall–Kier alpha value is -2.26. The Labute approximate surface area is 190 Å². The molecule has 0 saturated carbocycles. The molecule has 1 heterocycles. The standard InChI is InChI=1S/C21H22F3N3O3S2/c1-20(28,21(22,23)24)15-6-8-16(9-7-15)27-13-12-26(14-17(27)10-11-25)32(29,30)19-5-3-2-4-18(19)31/h2-3,5-9,17,28H,4,10,12-14H2,1H3/t17-,20-/m1/s1. The molecular formula is C21H22F3N3O3S2. The number of alkyl halides is 3. The quantitative estimate of drug-likeness (QED) is 0.644. The SMILES string of the molecule is C[C@@](O)(c1ccc(N2CCN(S(=O)(=O)C3=CC=CCC3=S)C[C@H]2CC#N)cc1)C(F)(F)F. The van der Waals surface area contributed by atoms with Gasteiger partial charge in [-0.2, -0.15) is 22.7 Å². The third-order valence-electron chi connectivity index (χ3n) is 5.66. The van der Waals surface area contributed by atoms with Gasteiger partial charge in [0.15, 0.2) is 5.60 Å². The molecule has 6 nitrogen and oxygen atoms in total. The van der Waals surface area contributed by atoms with Crippen molar-refractivity contribution in [1.82, 2.24) is 4.31 Å². The van der Waals surface area contributed by atoms with E-state index in [1.165, 1.54) is 34.6 Å². The first-order valence-corrected chi connectivity index (χ1v) is 11.7. The molecule has 1 fully saturated rings. The Morgan fingerprint density at radius 2 is 1.91 bits per heavy atom. The van der Waals surface area contributed by atoms with Crippen LogP contribution in [0.4, 0.5) is 18.9 Å². The van der Waals surface area contributed by atoms with Gasteiger partial charge >= 0.3 is 6.18 Å². The number of allylic oxidation sites excluding steroid dienone is 4. The smallest absolute Gasteiger partial charge is 0.376 e. The highest BCUT2D eigenvalue weighted by molar-refractivity contribution is 7.96. The number of nitriles is 1. The maximum atomic E-state index is 13.1. The van der Waals surface area contributed by atoms with Crippen LogP contribution in [0.3, 0.4) is 0 Å². The van der Waals surface area contributed by atoms with Crippen LogP contribution in [0, 0.1) is 11.3 Å². The normalized spacial score (nSPS) is 22.2. The van der Waals surface area contributed by atoms with Gasteiger partial charge in [-0.25, -0.2) is 8.42 Å². The largest absolute Gasteiger partial charge is 0.421 e. The molecule has 3 rings (SSSR count). The van der Waals surface area contributed by atoms with E-state index in [1.807, 2.05) is 6.07 Å². The van der Waals surface area contributed by atoms with Gasteiger partial charge in [-0.05, 0) is 30.7 Å². The van der Waals surface area contributed by atoms with E-state index in [0.717, 1.165) is 0 Å². The Bertz CT molecular complexity index is 1090. The van der Waals surface area contributed by atoms with Crippen molar-refractivity contribution in [2.24, 2.45) is 0 Å². The van der Waals surface area contributed by atoms with Crippen molar-refractivity contribution in [3.05, 3.63) is 53.0 Å². The highest BCUT2D eigenvalue weighted by atomic mass is 32.2. The molecule has 1 aromatic carbocycles. The van der Waals surface area contributed by atoms with E-state index in [0.29, 0.717) is 23.9 Å². The first-order valence-electron chi connectivity index (χ1n) is 9.83. The molecule has 1 saturated heterocycles. The van der Waals surface area contributed by atoms with Gasteiger partial charge in [0.2, 0.25) is 10.0 Å². The van der Waals surface area contributed by atoms with Crippen LogP contribution in [-0.4, -0.2) is 54.5 Å². The van der Waals surface area contributed by atoms with Crippen LogP contribution in [0.1, 0.15) is 25.3 Å². The number of thiocarbonyl (C=S) groups is 1. The number of hydrogen-bond acceptors (Lipinski definition) is 6. The average Bonchev–Trinajstić information content (AvgIpc) is 2.73. The summed E-state index contributed by atoms with van der Waals surface area (Å²) in [6.45, 7) is 1.11. The van der Waals surface area contributed by atoms with Crippen LogP contribution in [-0.2, 0) is 15.6 Å². The lowest BCUT2D eigenvalue weighted by molar-refractivity contribution is -0.258. The van der Waals surface area contributed by atoms with Crippen molar-refractivity contribution in [1.29, 1.82) is 5.26 Å². The van der Waals surface area contributed by atoms with Crippen LogP contribution in [0.15, 0.2) is 47.4 Å². The summed E-state index contributed by atoms with van der Waals surface area (Å²) in [5.74, 6) is 0. The predicted molar refractivity (Wildman–Crippen MR) is 118 cm³/mol. The van der Waals surface area contributed by atoms with E-state index >= 15 is 0 Å². The third-order valence-corrected chi connectivity index (χ3v) is 8.13. The minimum Gasteiger partial charge on any atom is -0.376 e. The number of halogens is 3. The zero-order valence-electron chi connectivity index (χ0n) is 17.2. The topological polar surface area (TPSA) is 84.6 Å². The number of benzene rings is 1. The molecule has 0 unspecified atom stereocenters. The van der Waals surface area contributed by atoms with Crippen LogP contribution in [0.25, 0.3) is 0 Å². The van der Waals surface area contributed by atoms with Crippen molar-refractivity contribution < 1.29 is 26.7 Å². The predicted octanol–water partition coefficient (Wildman–Crippen LogP) is 3.40. The summed E-state index contributed by atoms with van der Waals surface area (Å²) in [5.41, 5.74) is -2.76. The maximum absolute atomic E-state index is 13.1. The number of rotatable bonds is 5. The Morgan fingerprint density at radius 1 is 1.25 bits per heavy atom. The minimum atomic E-state index is -4.83. The number of aliphatic hydroxyl groups is 1. The minimum absolute atomic E-state index is 0.0252. The zero-order chi connectivity index (χ0) is 23.7. The molecule has 1 aliphatic heterocycles. The van der Waals surface area contributed by atoms with Gasteiger partial charge in [-0.3, -0.25) is 0 Å². The first-order chi connectivity index (χ1) is 14.9. The monoisotopic (exact) mass is 485 g/mol. The summed E-state index contributed by atoms with van der Waals surface area (Å²) in [6.07, 6.45) is 0.452. The van der Waals surface area contributed by atoms with Crippen LogP contribution in [0.2, 0.25) is 0 Å². The van der Waals surface area contributed by atoms with Crippen molar-refractivity contribution in [2.45, 2.75) is 37.6 Å². The lowest BCUT2D eigenvalue weighted by Gasteiger charge is -2.41. The van der Waals surface area contributed by atoms with Gasteiger partial charge in [-0.1, -0.05) is 36.5 Å². The lowest BCUT2D eigenvalue weighted by Crippen LogP contribution is -2.55. The Morgan fingerprint density at radius 3 is 2.47 bits per heavy atom. The molecule has 0 amide bonds. The van der Waals surface area contributed by atoms with E-state index in [1.54, 1.807) is 17.1 Å². The van der Waals surface area contributed by atoms with E-state index in [2.05, 4.69) is 0 Å². The average molecular weight is 486 g/mol. The number of sulfonamides is 1. The molecule has 0 bridgehead atoms. The molecule has 0 spiro atoms. The first kappa shape index (κ1) is 24.4. The van der Waals surface area contributed by atoms with Gasteiger partial charge in [0, 0.05) is 36.6 Å². The van der Waals surface area contributed by atoms with Crippen molar-refractivity contribution in [3.63, 3.8) is 0 Å². The molecule has 32 heavy (non-hydrogen) atoms. The molecular weight excluding hydrogens is 463 g/mol. The van der Waals surface area contributed by atoms with Gasteiger partial charge in [0.1, 0.15) is 0 Å². The summed E-state index contributed by atoms with van der Waals surface area (Å²) < 4.78 is 66.8. The van der Waals surface area contributed by atoms with Crippen LogP contribution < -0.4 is 4.90 Å². The van der Waals surface area contributed by atoms with Crippen LogP contribution >= 0.6 is 12.2 Å². The van der Waals surface area contributed by atoms with Gasteiger partial charge < -0.3 is 10.0 Å². The summed E-state index contributed by atoms with van der Waals surface area (Å²) in [4.78, 5) is 2.21. The highest BCUT2D eigenvalue weighted by Gasteiger charge is 2.51. The highest BCUT2D eigenvalue weighted by Crippen LogP contribution is 2.39. The molecule has 11 heteroatoms. The van der Waals surface area contributed by atoms with Crippen molar-refractivity contribution in [3.8, 4) is 6.07 Å². The zero-order valence-corrected chi connectivity index (χ0v) is 18.8. The number of anilines is 1. The molecule has 0 radical (unpaired) electrons. The molecule has 0 aromatic heterocycles. The fourth-order valence-electron chi connectivity index (χ4n) is 3.70. The van der Waals surface area contributed by atoms with E-state index in [9.17, 15) is 32.0 Å². The van der Waals surface area contributed by atoms with E-state index < -0.39 is 27.8 Å². The van der Waals surface area contributed by atoms with Crippen LogP contribution in [0.5, 0.6) is 0 Å². The summed E-state index contributed by atoms with van der Waals surface area (Å²) >= 11 is 5.20. The second-order valence-corrected chi connectivity index (χ2v) is 10.2. The van der Waals surface area contributed by atoms with Gasteiger partial charge in [-0.15, -0.1) is 0 Å². The maximum Gasteiger partial charge on any atom is 0.421 e. The number of piperazine rings is 1. The summed E-state index contributed by atoms with van der Waals surface area (Å²) in [6, 6.07) is 6.81. The van der Waals surface area contributed by atoms with Crippen molar-refractivity contribution in [2.75, 3.05) is 24.5 Å². The molecule has 2 aliphatic rings. The molecule has 1 aliphatic carbocycles. The Balaban J connectivity index is 1.83. The summed E-state index contributed by atoms with van der Waals surface area (Å²) in [5, 5.41) is 19.1. The van der Waals surface area contributed by atoms with E-state index in [-0.39, 0.29) is 36.5 Å². The van der Waals surface area contributed by atoms with Gasteiger partial charge in [0.25, 0.3) is 0 Å².